The van der Waals surface area contributed by atoms with Gasteiger partial charge in [0.1, 0.15) is 0 Å². The molecule has 0 saturated carbocycles. The summed E-state index contributed by atoms with van der Waals surface area (Å²) in [6.07, 6.45) is 5.97. The van der Waals surface area contributed by atoms with E-state index < -0.39 is 5.97 Å². The number of nitrogens with zero attached hydrogens (tertiary/aromatic N) is 4. The second-order valence-corrected chi connectivity index (χ2v) is 8.85. The van der Waals surface area contributed by atoms with Crippen molar-refractivity contribution in [3.05, 3.63) is 30.2 Å². The lowest BCUT2D eigenvalue weighted by atomic mass is 9.94. The van der Waals surface area contributed by atoms with E-state index in [1.807, 2.05) is 26.1 Å². The summed E-state index contributed by atoms with van der Waals surface area (Å²) in [6, 6.07) is 2.35. The predicted octanol–water partition coefficient (Wildman–Crippen LogP) is 5.10. The van der Waals surface area contributed by atoms with Gasteiger partial charge in [0.05, 0.1) is 36.8 Å². The quantitative estimate of drug-likeness (QED) is 0.441. The van der Waals surface area contributed by atoms with Gasteiger partial charge in [0.25, 0.3) is 0 Å². The molecule has 1 unspecified atom stereocenters. The van der Waals surface area contributed by atoms with Gasteiger partial charge in [0.15, 0.2) is 5.82 Å². The van der Waals surface area contributed by atoms with E-state index in [2.05, 4.69) is 47.9 Å². The van der Waals surface area contributed by atoms with Gasteiger partial charge in [-0.3, -0.25) is 4.79 Å². The van der Waals surface area contributed by atoms with Crippen molar-refractivity contribution >= 4 is 23.2 Å². The molecule has 0 spiro atoms. The van der Waals surface area contributed by atoms with E-state index >= 15 is 0 Å². The Kier molecular flexibility index (Phi) is 9.68. The van der Waals surface area contributed by atoms with Crippen molar-refractivity contribution in [2.45, 2.75) is 60.3 Å². The van der Waals surface area contributed by atoms with E-state index in [0.29, 0.717) is 30.1 Å². The Morgan fingerprint density at radius 1 is 1.06 bits per heavy atom. The lowest BCUT2D eigenvalue weighted by molar-refractivity contribution is -0.137. The highest BCUT2D eigenvalue weighted by Gasteiger charge is 2.20. The summed E-state index contributed by atoms with van der Waals surface area (Å²) in [4.78, 5) is 26.9. The standard InChI is InChI=1S/C24H37N5O3/c1-7-18(10-22(30)31)19-9-21(28-20-12-26-24(27-13-20)32-8-2)23(25-11-19)29(14-16(3)4)15-17(5)6/h9,11-13,16-18,28H,7-8,10,14-15H2,1-6H3,(H,30,31). The highest BCUT2D eigenvalue weighted by Crippen LogP contribution is 2.33. The topological polar surface area (TPSA) is 100 Å². The molecule has 0 radical (unpaired) electrons. The van der Waals surface area contributed by atoms with Gasteiger partial charge in [-0.1, -0.05) is 34.6 Å². The predicted molar refractivity (Wildman–Crippen MR) is 128 cm³/mol. The molecule has 8 nitrogen and oxygen atoms in total. The maximum absolute atomic E-state index is 11.3. The minimum Gasteiger partial charge on any atom is -0.481 e. The highest BCUT2D eigenvalue weighted by atomic mass is 16.5. The second kappa shape index (κ2) is 12.2. The van der Waals surface area contributed by atoms with Gasteiger partial charge in [-0.2, -0.15) is 0 Å². The summed E-state index contributed by atoms with van der Waals surface area (Å²) in [5.74, 6) is 0.862. The van der Waals surface area contributed by atoms with E-state index in [1.54, 1.807) is 12.4 Å². The molecule has 32 heavy (non-hydrogen) atoms. The van der Waals surface area contributed by atoms with Crippen molar-refractivity contribution in [2.75, 3.05) is 29.9 Å². The fourth-order valence-corrected chi connectivity index (χ4v) is 3.62. The molecule has 0 bridgehead atoms. The summed E-state index contributed by atoms with van der Waals surface area (Å²) in [7, 11) is 0. The number of carboxylic acid groups (broad SMARTS) is 1. The van der Waals surface area contributed by atoms with Crippen LogP contribution >= 0.6 is 0 Å². The number of rotatable bonds is 13. The lowest BCUT2D eigenvalue weighted by Gasteiger charge is -2.30. The molecule has 8 heteroatoms. The molecule has 2 aromatic heterocycles. The molecule has 0 amide bonds. The molecule has 0 saturated heterocycles. The van der Waals surface area contributed by atoms with Crippen LogP contribution in [0.25, 0.3) is 0 Å². The normalized spacial score (nSPS) is 12.1. The van der Waals surface area contributed by atoms with E-state index in [9.17, 15) is 9.90 Å². The third kappa shape index (κ3) is 7.66. The summed E-state index contributed by atoms with van der Waals surface area (Å²) in [6.45, 7) is 14.9. The van der Waals surface area contributed by atoms with Crippen molar-refractivity contribution in [3.63, 3.8) is 0 Å². The molecule has 0 aromatic carbocycles. The highest BCUT2D eigenvalue weighted by molar-refractivity contribution is 5.73. The number of aliphatic carboxylic acids is 1. The van der Waals surface area contributed by atoms with Crippen LogP contribution in [-0.2, 0) is 4.79 Å². The Balaban J connectivity index is 2.47. The van der Waals surface area contributed by atoms with E-state index in [0.717, 1.165) is 36.6 Å². The number of hydrogen-bond acceptors (Lipinski definition) is 7. The Hall–Kier alpha value is -2.90. The minimum absolute atomic E-state index is 0.0742. The number of pyridine rings is 1. The number of carboxylic acids is 1. The van der Waals surface area contributed by atoms with E-state index in [-0.39, 0.29) is 12.3 Å². The van der Waals surface area contributed by atoms with Gasteiger partial charge in [-0.15, -0.1) is 0 Å². The van der Waals surface area contributed by atoms with Crippen molar-refractivity contribution in [2.24, 2.45) is 11.8 Å². The molecule has 0 fully saturated rings. The first-order valence-electron chi connectivity index (χ1n) is 11.4. The van der Waals surface area contributed by atoms with Gasteiger partial charge in [0.2, 0.25) is 0 Å². The van der Waals surface area contributed by atoms with Gasteiger partial charge in [0, 0.05) is 19.3 Å². The van der Waals surface area contributed by atoms with Gasteiger partial charge in [-0.25, -0.2) is 15.0 Å². The first-order chi connectivity index (χ1) is 15.2. The van der Waals surface area contributed by atoms with Crippen molar-refractivity contribution in [1.82, 2.24) is 15.0 Å². The smallest absolute Gasteiger partial charge is 0.316 e. The monoisotopic (exact) mass is 443 g/mol. The third-order valence-electron chi connectivity index (χ3n) is 4.92. The lowest BCUT2D eigenvalue weighted by Crippen LogP contribution is -2.32. The zero-order chi connectivity index (χ0) is 23.7. The fourth-order valence-electron chi connectivity index (χ4n) is 3.62. The molecule has 1 atom stereocenters. The largest absolute Gasteiger partial charge is 0.481 e. The number of ether oxygens (including phenoxy) is 1. The molecule has 176 valence electrons. The third-order valence-corrected chi connectivity index (χ3v) is 4.92. The van der Waals surface area contributed by atoms with Crippen LogP contribution in [0, 0.1) is 11.8 Å². The van der Waals surface area contributed by atoms with Crippen LogP contribution in [0.1, 0.15) is 65.9 Å². The molecule has 0 aliphatic carbocycles. The summed E-state index contributed by atoms with van der Waals surface area (Å²) in [5, 5.41) is 12.7. The van der Waals surface area contributed by atoms with E-state index in [4.69, 9.17) is 9.72 Å². The van der Waals surface area contributed by atoms with Crippen molar-refractivity contribution < 1.29 is 14.6 Å². The number of anilines is 3. The summed E-state index contributed by atoms with van der Waals surface area (Å²) in [5.41, 5.74) is 2.44. The molecular weight excluding hydrogens is 406 g/mol. The summed E-state index contributed by atoms with van der Waals surface area (Å²) < 4.78 is 5.34. The van der Waals surface area contributed by atoms with E-state index in [1.165, 1.54) is 0 Å². The molecular formula is C24H37N5O3. The average Bonchev–Trinajstić information content (AvgIpc) is 2.72. The summed E-state index contributed by atoms with van der Waals surface area (Å²) >= 11 is 0. The second-order valence-electron chi connectivity index (χ2n) is 8.85. The molecule has 2 N–H and O–H groups in total. The van der Waals surface area contributed by atoms with Crippen LogP contribution in [0.15, 0.2) is 24.7 Å². The molecule has 0 aliphatic rings. The number of aromatic nitrogens is 3. The van der Waals surface area contributed by atoms with Crippen LogP contribution in [0.4, 0.5) is 17.2 Å². The van der Waals surface area contributed by atoms with Crippen LogP contribution in [0.3, 0.4) is 0 Å². The zero-order valence-corrected chi connectivity index (χ0v) is 20.1. The van der Waals surface area contributed by atoms with Gasteiger partial charge >= 0.3 is 12.0 Å². The molecule has 0 aliphatic heterocycles. The Morgan fingerprint density at radius 3 is 2.19 bits per heavy atom. The van der Waals surface area contributed by atoms with Crippen LogP contribution in [0.2, 0.25) is 0 Å². The van der Waals surface area contributed by atoms with Gasteiger partial charge < -0.3 is 20.1 Å². The zero-order valence-electron chi connectivity index (χ0n) is 20.1. The number of carbonyl (C=O) groups is 1. The van der Waals surface area contributed by atoms with Crippen LogP contribution < -0.4 is 15.0 Å². The van der Waals surface area contributed by atoms with Crippen LogP contribution in [0.5, 0.6) is 6.01 Å². The Bertz CT molecular complexity index is 845. The molecule has 2 aromatic rings. The number of hydrogen-bond donors (Lipinski definition) is 2. The fraction of sp³-hybridized carbons (Fsp3) is 0.583. The average molecular weight is 444 g/mol. The molecule has 2 rings (SSSR count). The molecule has 2 heterocycles. The first-order valence-corrected chi connectivity index (χ1v) is 11.4. The minimum atomic E-state index is -0.809. The maximum atomic E-state index is 11.3. The first kappa shape index (κ1) is 25.4. The Labute approximate surface area is 191 Å². The maximum Gasteiger partial charge on any atom is 0.316 e. The Morgan fingerprint density at radius 2 is 1.69 bits per heavy atom. The SMILES string of the molecule is CCOc1ncc(Nc2cc(C(CC)CC(=O)O)cnc2N(CC(C)C)CC(C)C)cn1. The van der Waals surface area contributed by atoms with Crippen molar-refractivity contribution in [1.29, 1.82) is 0 Å². The number of nitrogens with one attached hydrogen (secondary N) is 1. The van der Waals surface area contributed by atoms with Crippen molar-refractivity contribution in [3.8, 4) is 6.01 Å². The van der Waals surface area contributed by atoms with Gasteiger partial charge in [-0.05, 0) is 42.7 Å². The van der Waals surface area contributed by atoms with Crippen LogP contribution in [-0.4, -0.2) is 45.7 Å².